The van der Waals surface area contributed by atoms with Crippen LogP contribution in [0.3, 0.4) is 0 Å². The predicted octanol–water partition coefficient (Wildman–Crippen LogP) is 3.42. The van der Waals surface area contributed by atoms with Crippen LogP contribution in [0.4, 0.5) is 0 Å². The molecule has 3 saturated carbocycles. The Morgan fingerprint density at radius 2 is 2.04 bits per heavy atom. The van der Waals surface area contributed by atoms with Crippen molar-refractivity contribution in [3.63, 3.8) is 0 Å². The van der Waals surface area contributed by atoms with E-state index in [1.54, 1.807) is 0 Å². The Bertz CT molecular complexity index is 638. The lowest BCUT2D eigenvalue weighted by atomic mass is 9.47. The van der Waals surface area contributed by atoms with E-state index in [1.165, 1.54) is 12.5 Å². The fourth-order valence-corrected chi connectivity index (χ4v) is 6.87. The van der Waals surface area contributed by atoms with E-state index < -0.39 is 6.10 Å². The molecule has 1 unspecified atom stereocenters. The van der Waals surface area contributed by atoms with Crippen molar-refractivity contribution in [3.8, 4) is 0 Å². The highest BCUT2D eigenvalue weighted by Crippen LogP contribution is 2.64. The molecule has 0 aliphatic heterocycles. The van der Waals surface area contributed by atoms with Crippen LogP contribution in [0.25, 0.3) is 0 Å². The van der Waals surface area contributed by atoms with Crippen molar-refractivity contribution in [2.75, 3.05) is 0 Å². The van der Waals surface area contributed by atoms with Crippen LogP contribution in [-0.4, -0.2) is 29.1 Å². The number of rotatable bonds is 1. The molecule has 0 saturated heterocycles. The number of Topliss-reactive ketones (excluding diaryl/α,β-unsaturated/α-hetero) is 1. The molecule has 4 rings (SSSR count). The minimum absolute atomic E-state index is 0.0209. The lowest BCUT2D eigenvalue weighted by molar-refractivity contribution is -0.152. The zero-order valence-corrected chi connectivity index (χ0v) is 15.6. The Hall–Kier alpha value is -1.16. The number of ether oxygens (including phenoxy) is 1. The maximum atomic E-state index is 12.5. The maximum absolute atomic E-state index is 12.5. The monoisotopic (exact) mass is 346 g/mol. The van der Waals surface area contributed by atoms with E-state index in [1.807, 2.05) is 0 Å². The molecule has 3 fully saturated rings. The SMILES string of the molecule is CC(=O)O[C@H]1CC[C@@]2(C)C(=CC[C@@H]3[C@@H]2C(O)C[C@]2(C)C(=O)CC[C@@H]32)C1. The molecule has 0 aromatic carbocycles. The minimum Gasteiger partial charge on any atom is -0.462 e. The van der Waals surface area contributed by atoms with E-state index in [9.17, 15) is 14.7 Å². The van der Waals surface area contributed by atoms with E-state index in [0.29, 0.717) is 30.5 Å². The number of ketones is 1. The van der Waals surface area contributed by atoms with Crippen molar-refractivity contribution in [1.82, 2.24) is 0 Å². The van der Waals surface area contributed by atoms with Gasteiger partial charge in [-0.15, -0.1) is 0 Å². The van der Waals surface area contributed by atoms with Crippen molar-refractivity contribution in [3.05, 3.63) is 11.6 Å². The van der Waals surface area contributed by atoms with Gasteiger partial charge in [0.2, 0.25) is 0 Å². The molecule has 0 radical (unpaired) electrons. The van der Waals surface area contributed by atoms with Crippen LogP contribution in [0, 0.1) is 28.6 Å². The van der Waals surface area contributed by atoms with E-state index in [0.717, 1.165) is 32.1 Å². The van der Waals surface area contributed by atoms with Gasteiger partial charge in [-0.05, 0) is 55.3 Å². The standard InChI is InChI=1S/C21H30O4/c1-12(22)25-14-8-9-20(2)13(10-14)4-5-15-16-6-7-18(24)21(16,3)11-17(23)19(15)20/h4,14-17,19,23H,5-11H2,1-3H3/t14-,15-,16-,17?,19+,20-,21-/m0/s1. The van der Waals surface area contributed by atoms with Crippen LogP contribution in [0.1, 0.15) is 65.7 Å². The molecule has 4 nitrogen and oxygen atoms in total. The van der Waals surface area contributed by atoms with Crippen molar-refractivity contribution in [1.29, 1.82) is 0 Å². The highest BCUT2D eigenvalue weighted by Gasteiger charge is 2.61. The van der Waals surface area contributed by atoms with Gasteiger partial charge >= 0.3 is 5.97 Å². The molecule has 0 spiro atoms. The minimum atomic E-state index is -0.410. The van der Waals surface area contributed by atoms with Gasteiger partial charge < -0.3 is 9.84 Å². The Morgan fingerprint density at radius 1 is 1.28 bits per heavy atom. The molecular formula is C21H30O4. The van der Waals surface area contributed by atoms with E-state index in [-0.39, 0.29) is 28.8 Å². The van der Waals surface area contributed by atoms with Crippen LogP contribution >= 0.6 is 0 Å². The van der Waals surface area contributed by atoms with Crippen molar-refractivity contribution < 1.29 is 19.4 Å². The fourth-order valence-electron chi connectivity index (χ4n) is 6.87. The van der Waals surface area contributed by atoms with Crippen molar-refractivity contribution in [2.45, 2.75) is 77.9 Å². The van der Waals surface area contributed by atoms with E-state index in [2.05, 4.69) is 19.9 Å². The number of esters is 1. The first kappa shape index (κ1) is 17.3. The Kier molecular flexibility index (Phi) is 3.91. The van der Waals surface area contributed by atoms with Gasteiger partial charge in [0.25, 0.3) is 0 Å². The zero-order valence-electron chi connectivity index (χ0n) is 15.6. The first-order valence-corrected chi connectivity index (χ1v) is 9.84. The van der Waals surface area contributed by atoms with Gasteiger partial charge in [0.05, 0.1) is 6.10 Å². The maximum Gasteiger partial charge on any atom is 0.302 e. The highest BCUT2D eigenvalue weighted by atomic mass is 16.5. The van der Waals surface area contributed by atoms with Gasteiger partial charge in [-0.3, -0.25) is 9.59 Å². The topological polar surface area (TPSA) is 63.6 Å². The summed E-state index contributed by atoms with van der Waals surface area (Å²) in [6.45, 7) is 5.86. The number of hydrogen-bond donors (Lipinski definition) is 1. The molecule has 138 valence electrons. The molecule has 7 atom stereocenters. The predicted molar refractivity (Wildman–Crippen MR) is 93.7 cm³/mol. The normalized spacial score (nSPS) is 48.9. The van der Waals surface area contributed by atoms with Crippen LogP contribution < -0.4 is 0 Å². The van der Waals surface area contributed by atoms with Gasteiger partial charge in [0.15, 0.2) is 0 Å². The molecule has 0 aromatic heterocycles. The third-order valence-electron chi connectivity index (χ3n) is 8.04. The average Bonchev–Trinajstić information content (AvgIpc) is 2.82. The highest BCUT2D eigenvalue weighted by molar-refractivity contribution is 5.87. The summed E-state index contributed by atoms with van der Waals surface area (Å²) in [4.78, 5) is 23.8. The van der Waals surface area contributed by atoms with Crippen LogP contribution in [0.5, 0.6) is 0 Å². The van der Waals surface area contributed by atoms with Crippen LogP contribution in [-0.2, 0) is 14.3 Å². The molecule has 0 bridgehead atoms. The lowest BCUT2D eigenvalue weighted by Gasteiger charge is -2.58. The molecule has 0 amide bonds. The van der Waals surface area contributed by atoms with Crippen LogP contribution in [0.2, 0.25) is 0 Å². The number of aliphatic hydroxyl groups is 1. The smallest absolute Gasteiger partial charge is 0.302 e. The first-order valence-electron chi connectivity index (χ1n) is 9.84. The molecule has 0 aromatic rings. The van der Waals surface area contributed by atoms with E-state index >= 15 is 0 Å². The lowest BCUT2D eigenvalue weighted by Crippen LogP contribution is -2.56. The third-order valence-corrected chi connectivity index (χ3v) is 8.04. The molecule has 4 heteroatoms. The Balaban J connectivity index is 1.64. The van der Waals surface area contributed by atoms with Gasteiger partial charge in [0, 0.05) is 25.2 Å². The summed E-state index contributed by atoms with van der Waals surface area (Å²) in [5.41, 5.74) is 1.02. The summed E-state index contributed by atoms with van der Waals surface area (Å²) in [5, 5.41) is 11.1. The second-order valence-electron chi connectivity index (χ2n) is 9.30. The molecule has 4 aliphatic rings. The summed E-state index contributed by atoms with van der Waals surface area (Å²) in [6.07, 6.45) is 7.76. The molecule has 4 aliphatic carbocycles. The number of aliphatic hydroxyl groups excluding tert-OH is 1. The summed E-state index contributed by atoms with van der Waals surface area (Å²) in [7, 11) is 0. The fraction of sp³-hybridized carbons (Fsp3) is 0.810. The number of carbonyl (C=O) groups excluding carboxylic acids is 2. The summed E-state index contributed by atoms with van der Waals surface area (Å²) >= 11 is 0. The second kappa shape index (κ2) is 5.67. The molecular weight excluding hydrogens is 316 g/mol. The average molecular weight is 346 g/mol. The third kappa shape index (κ3) is 2.43. The van der Waals surface area contributed by atoms with Gasteiger partial charge in [-0.1, -0.05) is 25.5 Å². The number of carbonyl (C=O) groups is 2. The second-order valence-corrected chi connectivity index (χ2v) is 9.30. The summed E-state index contributed by atoms with van der Waals surface area (Å²) in [6, 6.07) is 0. The van der Waals surface area contributed by atoms with Crippen LogP contribution in [0.15, 0.2) is 11.6 Å². The quantitative estimate of drug-likeness (QED) is 0.584. The number of fused-ring (bicyclic) bond motifs is 5. The summed E-state index contributed by atoms with van der Waals surface area (Å²) < 4.78 is 5.46. The largest absolute Gasteiger partial charge is 0.462 e. The summed E-state index contributed by atoms with van der Waals surface area (Å²) in [5.74, 6) is 1.19. The molecule has 25 heavy (non-hydrogen) atoms. The first-order chi connectivity index (χ1) is 11.8. The Labute approximate surface area is 150 Å². The molecule has 0 heterocycles. The molecule has 1 N–H and O–H groups in total. The zero-order chi connectivity index (χ0) is 18.0. The van der Waals surface area contributed by atoms with Crippen molar-refractivity contribution >= 4 is 11.8 Å². The van der Waals surface area contributed by atoms with Gasteiger partial charge in [0.1, 0.15) is 11.9 Å². The number of allylic oxidation sites excluding steroid dienone is 1. The number of hydrogen-bond acceptors (Lipinski definition) is 4. The van der Waals surface area contributed by atoms with Crippen molar-refractivity contribution in [2.24, 2.45) is 28.6 Å². The van der Waals surface area contributed by atoms with Gasteiger partial charge in [-0.2, -0.15) is 0 Å². The van der Waals surface area contributed by atoms with E-state index in [4.69, 9.17) is 4.74 Å². The van der Waals surface area contributed by atoms with Gasteiger partial charge in [-0.25, -0.2) is 0 Å². The Morgan fingerprint density at radius 3 is 2.76 bits per heavy atom.